The number of aliphatic hydroxyl groups is 1. The second-order valence-electron chi connectivity index (χ2n) is 6.13. The van der Waals surface area contributed by atoms with Crippen LogP contribution in [0.5, 0.6) is 0 Å². The molecular formula is C19H23NO. The number of rotatable bonds is 5. The summed E-state index contributed by atoms with van der Waals surface area (Å²) >= 11 is 0. The summed E-state index contributed by atoms with van der Waals surface area (Å²) in [7, 11) is 0. The van der Waals surface area contributed by atoms with E-state index in [9.17, 15) is 0 Å². The van der Waals surface area contributed by atoms with Crippen LogP contribution in [0, 0.1) is 6.92 Å². The Hall–Kier alpha value is -1.64. The van der Waals surface area contributed by atoms with Crippen molar-refractivity contribution in [3.8, 4) is 0 Å². The van der Waals surface area contributed by atoms with Crippen LogP contribution in [0.15, 0.2) is 48.5 Å². The van der Waals surface area contributed by atoms with Crippen LogP contribution in [-0.2, 0) is 13.2 Å². The van der Waals surface area contributed by atoms with Crippen molar-refractivity contribution in [2.45, 2.75) is 44.9 Å². The number of benzene rings is 2. The predicted octanol–water partition coefficient (Wildman–Crippen LogP) is 3.52. The Morgan fingerprint density at radius 3 is 2.19 bits per heavy atom. The lowest BCUT2D eigenvalue weighted by Gasteiger charge is -2.36. The van der Waals surface area contributed by atoms with Gasteiger partial charge in [0.2, 0.25) is 0 Å². The molecule has 1 fully saturated rings. The second-order valence-corrected chi connectivity index (χ2v) is 6.13. The fraction of sp³-hybridized carbons (Fsp3) is 0.368. The van der Waals surface area contributed by atoms with Crippen molar-refractivity contribution < 1.29 is 5.11 Å². The van der Waals surface area contributed by atoms with Crippen LogP contribution in [0.4, 0.5) is 0 Å². The average Bonchev–Trinajstić information content (AvgIpc) is 2.48. The van der Waals surface area contributed by atoms with E-state index >= 15 is 0 Å². The first-order chi connectivity index (χ1) is 10.2. The van der Waals surface area contributed by atoms with Crippen LogP contribution in [0.2, 0.25) is 0 Å². The molecule has 0 atom stereocenters. The Labute approximate surface area is 126 Å². The monoisotopic (exact) mass is 281 g/mol. The van der Waals surface area contributed by atoms with E-state index in [1.54, 1.807) is 0 Å². The van der Waals surface area contributed by atoms with Crippen LogP contribution in [0.1, 0.15) is 41.0 Å². The quantitative estimate of drug-likeness (QED) is 0.879. The first kappa shape index (κ1) is 14.3. The molecule has 110 valence electrons. The van der Waals surface area contributed by atoms with Gasteiger partial charge < -0.3 is 10.4 Å². The van der Waals surface area contributed by atoms with Gasteiger partial charge in [-0.25, -0.2) is 0 Å². The van der Waals surface area contributed by atoms with Crippen LogP contribution < -0.4 is 5.32 Å². The summed E-state index contributed by atoms with van der Waals surface area (Å²) in [5.74, 6) is 0.722. The van der Waals surface area contributed by atoms with Gasteiger partial charge in [-0.15, -0.1) is 0 Å². The van der Waals surface area contributed by atoms with Gasteiger partial charge in [-0.05, 0) is 42.4 Å². The molecule has 0 aliphatic heterocycles. The number of hydrogen-bond acceptors (Lipinski definition) is 2. The molecule has 0 bridgehead atoms. The largest absolute Gasteiger partial charge is 0.392 e. The van der Waals surface area contributed by atoms with E-state index in [0.29, 0.717) is 6.04 Å². The molecular weight excluding hydrogens is 258 g/mol. The van der Waals surface area contributed by atoms with E-state index in [4.69, 9.17) is 5.11 Å². The Bertz CT molecular complexity index is 568. The molecule has 21 heavy (non-hydrogen) atoms. The molecule has 2 heteroatoms. The number of nitrogens with one attached hydrogen (secondary N) is 1. The van der Waals surface area contributed by atoms with Crippen molar-refractivity contribution in [1.82, 2.24) is 5.32 Å². The summed E-state index contributed by atoms with van der Waals surface area (Å²) in [6.45, 7) is 3.17. The molecule has 0 aromatic heterocycles. The lowest BCUT2D eigenvalue weighted by Crippen LogP contribution is -2.39. The van der Waals surface area contributed by atoms with Crippen molar-refractivity contribution in [1.29, 1.82) is 0 Å². The van der Waals surface area contributed by atoms with Gasteiger partial charge in [0, 0.05) is 12.6 Å². The lowest BCUT2D eigenvalue weighted by atomic mass is 9.75. The minimum Gasteiger partial charge on any atom is -0.392 e. The van der Waals surface area contributed by atoms with E-state index in [-0.39, 0.29) is 6.61 Å². The zero-order chi connectivity index (χ0) is 14.7. The summed E-state index contributed by atoms with van der Waals surface area (Å²) in [5.41, 5.74) is 5.07. The highest BCUT2D eigenvalue weighted by molar-refractivity contribution is 5.27. The van der Waals surface area contributed by atoms with E-state index < -0.39 is 0 Å². The Morgan fingerprint density at radius 1 is 0.952 bits per heavy atom. The molecule has 1 aliphatic rings. The predicted molar refractivity (Wildman–Crippen MR) is 86.1 cm³/mol. The number of aliphatic hydroxyl groups excluding tert-OH is 1. The third-order valence-electron chi connectivity index (χ3n) is 4.49. The van der Waals surface area contributed by atoms with Crippen LogP contribution in [0.3, 0.4) is 0 Å². The molecule has 2 aromatic carbocycles. The van der Waals surface area contributed by atoms with Crippen molar-refractivity contribution >= 4 is 0 Å². The molecule has 0 amide bonds. The fourth-order valence-corrected chi connectivity index (χ4v) is 2.92. The maximum atomic E-state index is 9.03. The molecule has 3 rings (SSSR count). The molecule has 0 heterocycles. The fourth-order valence-electron chi connectivity index (χ4n) is 2.92. The molecule has 0 radical (unpaired) electrons. The Kier molecular flexibility index (Phi) is 4.37. The normalized spacial score (nSPS) is 21.0. The Balaban J connectivity index is 1.45. The Morgan fingerprint density at radius 2 is 1.57 bits per heavy atom. The van der Waals surface area contributed by atoms with Gasteiger partial charge in [0.15, 0.2) is 0 Å². The summed E-state index contributed by atoms with van der Waals surface area (Å²) in [5, 5.41) is 12.7. The zero-order valence-corrected chi connectivity index (χ0v) is 12.5. The molecule has 0 unspecified atom stereocenters. The topological polar surface area (TPSA) is 32.3 Å². The minimum absolute atomic E-state index is 0.120. The van der Waals surface area contributed by atoms with Crippen LogP contribution >= 0.6 is 0 Å². The van der Waals surface area contributed by atoms with Gasteiger partial charge in [0.25, 0.3) is 0 Å². The lowest BCUT2D eigenvalue weighted by molar-refractivity contribution is 0.281. The number of hydrogen-bond donors (Lipinski definition) is 2. The van der Waals surface area contributed by atoms with Crippen molar-refractivity contribution in [2.75, 3.05) is 0 Å². The van der Waals surface area contributed by atoms with E-state index in [0.717, 1.165) is 18.0 Å². The van der Waals surface area contributed by atoms with Crippen molar-refractivity contribution in [2.24, 2.45) is 0 Å². The molecule has 2 nitrogen and oxygen atoms in total. The maximum Gasteiger partial charge on any atom is 0.0681 e. The minimum atomic E-state index is 0.120. The SMILES string of the molecule is Cc1ccc(C2CC(NCc3ccc(CO)cc3)C2)cc1. The first-order valence-corrected chi connectivity index (χ1v) is 7.73. The van der Waals surface area contributed by atoms with Crippen molar-refractivity contribution in [3.63, 3.8) is 0 Å². The maximum absolute atomic E-state index is 9.03. The highest BCUT2D eigenvalue weighted by Crippen LogP contribution is 2.36. The molecule has 2 N–H and O–H groups in total. The average molecular weight is 281 g/mol. The highest BCUT2D eigenvalue weighted by atomic mass is 16.3. The van der Waals surface area contributed by atoms with Gasteiger partial charge in [-0.3, -0.25) is 0 Å². The first-order valence-electron chi connectivity index (χ1n) is 7.73. The standard InChI is InChI=1S/C19H23NO/c1-14-2-8-17(9-3-14)18-10-19(11-18)20-12-15-4-6-16(13-21)7-5-15/h2-9,18-21H,10-13H2,1H3. The van der Waals surface area contributed by atoms with Gasteiger partial charge in [-0.1, -0.05) is 54.1 Å². The van der Waals surface area contributed by atoms with Gasteiger partial charge >= 0.3 is 0 Å². The molecule has 0 saturated heterocycles. The molecule has 1 saturated carbocycles. The summed E-state index contributed by atoms with van der Waals surface area (Å²) in [4.78, 5) is 0. The van der Waals surface area contributed by atoms with E-state index in [2.05, 4.69) is 48.6 Å². The van der Waals surface area contributed by atoms with Crippen LogP contribution in [0.25, 0.3) is 0 Å². The van der Waals surface area contributed by atoms with Gasteiger partial charge in [0.1, 0.15) is 0 Å². The molecule has 2 aromatic rings. The zero-order valence-electron chi connectivity index (χ0n) is 12.5. The van der Waals surface area contributed by atoms with E-state index in [1.165, 1.54) is 29.5 Å². The highest BCUT2D eigenvalue weighted by Gasteiger charge is 2.29. The second kappa shape index (κ2) is 6.42. The number of aryl methyl sites for hydroxylation is 1. The third kappa shape index (κ3) is 3.52. The summed E-state index contributed by atoms with van der Waals surface area (Å²) in [6, 6.07) is 17.8. The molecule has 1 aliphatic carbocycles. The summed E-state index contributed by atoms with van der Waals surface area (Å²) in [6.07, 6.45) is 2.47. The third-order valence-corrected chi connectivity index (χ3v) is 4.49. The molecule has 0 spiro atoms. The smallest absolute Gasteiger partial charge is 0.0681 e. The van der Waals surface area contributed by atoms with Crippen LogP contribution in [-0.4, -0.2) is 11.1 Å². The van der Waals surface area contributed by atoms with Crippen molar-refractivity contribution in [3.05, 3.63) is 70.8 Å². The summed E-state index contributed by atoms with van der Waals surface area (Å²) < 4.78 is 0. The van der Waals surface area contributed by atoms with E-state index in [1.807, 2.05) is 12.1 Å². The van der Waals surface area contributed by atoms with Gasteiger partial charge in [0.05, 0.1) is 6.61 Å². The van der Waals surface area contributed by atoms with Gasteiger partial charge in [-0.2, -0.15) is 0 Å².